The summed E-state index contributed by atoms with van der Waals surface area (Å²) in [6.45, 7) is 0. The number of rotatable bonds is 7. The van der Waals surface area contributed by atoms with Gasteiger partial charge in [0.05, 0.1) is 12.1 Å². The summed E-state index contributed by atoms with van der Waals surface area (Å²) in [4.78, 5) is 0.0200. The summed E-state index contributed by atoms with van der Waals surface area (Å²) in [7, 11) is 0. The first-order valence-electron chi connectivity index (χ1n) is 4.72. The van der Waals surface area contributed by atoms with E-state index in [4.69, 9.17) is 10.5 Å². The highest BCUT2D eigenvalue weighted by Gasteiger charge is 1.99. The molecule has 0 heterocycles. The van der Waals surface area contributed by atoms with Gasteiger partial charge in [0.2, 0.25) is 0 Å². The minimum Gasteiger partial charge on any atom is -0.198 e. The van der Waals surface area contributed by atoms with Gasteiger partial charge in [-0.05, 0) is 12.8 Å². The van der Waals surface area contributed by atoms with Crippen molar-refractivity contribution in [2.75, 3.05) is 0 Å². The lowest BCUT2D eigenvalue weighted by atomic mass is 10.1. The Morgan fingerprint density at radius 1 is 1.00 bits per heavy atom. The number of hydrogen-bond donors (Lipinski definition) is 0. The van der Waals surface area contributed by atoms with Gasteiger partial charge in [0.15, 0.2) is 0 Å². The average molecular weight is 243 g/mol. The molecule has 0 aromatic carbocycles. The van der Waals surface area contributed by atoms with E-state index in [2.05, 4.69) is 28.1 Å². The molecule has 0 bridgehead atoms. The average Bonchev–Trinajstić information content (AvgIpc) is 2.16. The minimum atomic E-state index is 0.0200. The summed E-state index contributed by atoms with van der Waals surface area (Å²) < 4.78 is 0. The highest BCUT2D eigenvalue weighted by Crippen LogP contribution is 2.12. The molecular formula is C10H15BrN2. The minimum absolute atomic E-state index is 0.0200. The van der Waals surface area contributed by atoms with Crippen molar-refractivity contribution in [3.63, 3.8) is 0 Å². The third-order valence-corrected chi connectivity index (χ3v) is 2.55. The summed E-state index contributed by atoms with van der Waals surface area (Å²) in [5, 5.41) is 16.8. The molecule has 0 aliphatic carbocycles. The maximum Gasteiger partial charge on any atom is 0.101 e. The van der Waals surface area contributed by atoms with E-state index in [0.717, 1.165) is 25.7 Å². The van der Waals surface area contributed by atoms with E-state index < -0.39 is 0 Å². The van der Waals surface area contributed by atoms with Gasteiger partial charge in [-0.25, -0.2) is 0 Å². The molecule has 0 saturated heterocycles. The molecule has 2 nitrogen and oxygen atoms in total. The Labute approximate surface area is 88.7 Å². The molecule has 0 rings (SSSR count). The Kier molecular flexibility index (Phi) is 9.15. The maximum atomic E-state index is 8.47. The van der Waals surface area contributed by atoms with Crippen LogP contribution in [0.4, 0.5) is 0 Å². The van der Waals surface area contributed by atoms with E-state index >= 15 is 0 Å². The van der Waals surface area contributed by atoms with Crippen LogP contribution in [-0.4, -0.2) is 4.83 Å². The zero-order valence-electron chi connectivity index (χ0n) is 7.80. The summed E-state index contributed by atoms with van der Waals surface area (Å²) in [5.74, 6) is 0. The van der Waals surface area contributed by atoms with Crippen molar-refractivity contribution in [2.45, 2.75) is 49.8 Å². The van der Waals surface area contributed by atoms with Crippen LogP contribution in [0.5, 0.6) is 0 Å². The van der Waals surface area contributed by atoms with Gasteiger partial charge in [0.1, 0.15) is 4.83 Å². The third-order valence-electron chi connectivity index (χ3n) is 1.89. The Morgan fingerprint density at radius 3 is 2.23 bits per heavy atom. The van der Waals surface area contributed by atoms with Crippen molar-refractivity contribution < 1.29 is 0 Å². The van der Waals surface area contributed by atoms with Crippen molar-refractivity contribution in [1.29, 1.82) is 10.5 Å². The molecule has 0 N–H and O–H groups in total. The number of hydrogen-bond acceptors (Lipinski definition) is 2. The third kappa shape index (κ3) is 9.37. The second kappa shape index (κ2) is 9.55. The second-order valence-electron chi connectivity index (χ2n) is 3.06. The van der Waals surface area contributed by atoms with Crippen LogP contribution in [0.25, 0.3) is 0 Å². The predicted molar refractivity (Wildman–Crippen MR) is 56.3 cm³/mol. The van der Waals surface area contributed by atoms with Crippen LogP contribution in [0.1, 0.15) is 44.9 Å². The maximum absolute atomic E-state index is 8.47. The quantitative estimate of drug-likeness (QED) is 0.507. The van der Waals surface area contributed by atoms with Crippen molar-refractivity contribution >= 4 is 15.9 Å². The predicted octanol–water partition coefficient (Wildman–Crippen LogP) is 3.53. The Bertz CT molecular complexity index is 190. The number of alkyl halides is 1. The molecule has 0 saturated carbocycles. The van der Waals surface area contributed by atoms with Gasteiger partial charge in [0.25, 0.3) is 0 Å². The fourth-order valence-electron chi connectivity index (χ4n) is 1.12. The Hall–Kier alpha value is -0.540. The highest BCUT2D eigenvalue weighted by molar-refractivity contribution is 9.09. The number of unbranched alkanes of at least 4 members (excludes halogenated alkanes) is 5. The number of halogens is 1. The lowest BCUT2D eigenvalue weighted by Crippen LogP contribution is -1.92. The van der Waals surface area contributed by atoms with Crippen LogP contribution in [-0.2, 0) is 0 Å². The molecule has 0 aromatic rings. The van der Waals surface area contributed by atoms with E-state index in [1.165, 1.54) is 12.8 Å². The second-order valence-corrected chi connectivity index (χ2v) is 4.17. The molecule has 13 heavy (non-hydrogen) atoms. The van der Waals surface area contributed by atoms with Gasteiger partial charge < -0.3 is 0 Å². The standard InChI is InChI=1S/C10H15BrN2/c11-10(9-13)7-5-3-1-2-4-6-8-12/h10H,1-7H2. The monoisotopic (exact) mass is 242 g/mol. The number of nitrogens with zero attached hydrogens (tertiary/aromatic N) is 2. The molecule has 0 radical (unpaired) electrons. The molecule has 72 valence electrons. The van der Waals surface area contributed by atoms with Crippen molar-refractivity contribution in [3.05, 3.63) is 0 Å². The molecule has 1 unspecified atom stereocenters. The van der Waals surface area contributed by atoms with Crippen molar-refractivity contribution in [1.82, 2.24) is 0 Å². The lowest BCUT2D eigenvalue weighted by molar-refractivity contribution is 0.607. The molecule has 0 aromatic heterocycles. The van der Waals surface area contributed by atoms with Gasteiger partial charge in [-0.2, -0.15) is 10.5 Å². The summed E-state index contributed by atoms with van der Waals surface area (Å²) in [6.07, 6.45) is 7.26. The van der Waals surface area contributed by atoms with Crippen LogP contribution in [0.15, 0.2) is 0 Å². The van der Waals surface area contributed by atoms with Gasteiger partial charge in [-0.15, -0.1) is 0 Å². The van der Waals surface area contributed by atoms with Crippen LogP contribution in [0.3, 0.4) is 0 Å². The molecule has 0 aliphatic rings. The molecule has 0 fully saturated rings. The molecule has 0 spiro atoms. The van der Waals surface area contributed by atoms with Gasteiger partial charge in [-0.3, -0.25) is 0 Å². The number of nitriles is 2. The summed E-state index contributed by atoms with van der Waals surface area (Å²) in [5.41, 5.74) is 0. The molecule has 0 amide bonds. The summed E-state index contributed by atoms with van der Waals surface area (Å²) >= 11 is 3.27. The zero-order chi connectivity index (χ0) is 9.94. The van der Waals surface area contributed by atoms with Crippen molar-refractivity contribution in [2.24, 2.45) is 0 Å². The fourth-order valence-corrected chi connectivity index (χ4v) is 1.45. The van der Waals surface area contributed by atoms with E-state index in [0.29, 0.717) is 6.42 Å². The van der Waals surface area contributed by atoms with Crippen LogP contribution in [0, 0.1) is 22.7 Å². The van der Waals surface area contributed by atoms with Crippen LogP contribution >= 0.6 is 15.9 Å². The first-order chi connectivity index (χ1) is 6.31. The Morgan fingerprint density at radius 2 is 1.62 bits per heavy atom. The first-order valence-corrected chi connectivity index (χ1v) is 5.63. The first kappa shape index (κ1) is 12.5. The van der Waals surface area contributed by atoms with Gasteiger partial charge in [0, 0.05) is 6.42 Å². The highest BCUT2D eigenvalue weighted by atomic mass is 79.9. The van der Waals surface area contributed by atoms with Gasteiger partial charge in [-0.1, -0.05) is 41.6 Å². The van der Waals surface area contributed by atoms with Crippen molar-refractivity contribution in [3.8, 4) is 12.1 Å². The summed E-state index contributed by atoms with van der Waals surface area (Å²) in [6, 6.07) is 4.29. The smallest absolute Gasteiger partial charge is 0.101 e. The lowest BCUT2D eigenvalue weighted by Gasteiger charge is -2.00. The van der Waals surface area contributed by atoms with E-state index in [1.54, 1.807) is 0 Å². The normalized spacial score (nSPS) is 11.6. The molecule has 0 aliphatic heterocycles. The molecule has 3 heteroatoms. The van der Waals surface area contributed by atoms with E-state index in [-0.39, 0.29) is 4.83 Å². The topological polar surface area (TPSA) is 47.6 Å². The van der Waals surface area contributed by atoms with Gasteiger partial charge >= 0.3 is 0 Å². The Balaban J connectivity index is 3.01. The van der Waals surface area contributed by atoms with Crippen LogP contribution < -0.4 is 0 Å². The molecular weight excluding hydrogens is 228 g/mol. The largest absolute Gasteiger partial charge is 0.198 e. The zero-order valence-corrected chi connectivity index (χ0v) is 9.39. The van der Waals surface area contributed by atoms with E-state index in [9.17, 15) is 0 Å². The molecule has 1 atom stereocenters. The van der Waals surface area contributed by atoms with Crippen LogP contribution in [0.2, 0.25) is 0 Å². The SMILES string of the molecule is N#CCCCCCCCC(Br)C#N. The van der Waals surface area contributed by atoms with E-state index in [1.807, 2.05) is 0 Å². The fraction of sp³-hybridized carbons (Fsp3) is 0.800.